The first kappa shape index (κ1) is 37.1. The van der Waals surface area contributed by atoms with Crippen LogP contribution in [0.4, 0.5) is 17.1 Å². The second-order valence-corrected chi connectivity index (χ2v) is 17.1. The maximum Gasteiger partial charge on any atom is 0.0462 e. The first-order valence-corrected chi connectivity index (χ1v) is 22.5. The van der Waals surface area contributed by atoms with Gasteiger partial charge >= 0.3 is 0 Å². The van der Waals surface area contributed by atoms with Crippen LogP contribution in [-0.2, 0) is 0 Å². The molecule has 0 heterocycles. The molecule has 1 nitrogen and oxygen atoms in total. The minimum Gasteiger partial charge on any atom is -0.311 e. The molecule has 0 aromatic heterocycles. The van der Waals surface area contributed by atoms with Gasteiger partial charge in [0.25, 0.3) is 0 Å². The molecule has 0 saturated heterocycles. The molecule has 12 aromatic rings. The van der Waals surface area contributed by atoms with Crippen molar-refractivity contribution in [1.29, 1.82) is 0 Å². The summed E-state index contributed by atoms with van der Waals surface area (Å²) in [4.78, 5) is 2.32. The van der Waals surface area contributed by atoms with E-state index in [1.807, 2.05) is 0 Å². The Hall–Kier alpha value is -8.52. The van der Waals surface area contributed by atoms with Crippen molar-refractivity contribution in [3.8, 4) is 66.8 Å². The van der Waals surface area contributed by atoms with Gasteiger partial charge in [-0.3, -0.25) is 0 Å². The van der Waals surface area contributed by atoms with Gasteiger partial charge in [0.05, 0.1) is 0 Å². The van der Waals surface area contributed by atoms with Crippen molar-refractivity contribution in [2.75, 3.05) is 4.90 Å². The van der Waals surface area contributed by atoms with Crippen LogP contribution in [0, 0.1) is 0 Å². The van der Waals surface area contributed by atoms with E-state index in [2.05, 4.69) is 254 Å². The smallest absolute Gasteiger partial charge is 0.0462 e. The van der Waals surface area contributed by atoms with Crippen molar-refractivity contribution in [2.45, 2.75) is 0 Å². The van der Waals surface area contributed by atoms with E-state index in [-0.39, 0.29) is 0 Å². The van der Waals surface area contributed by atoms with Crippen molar-refractivity contribution in [1.82, 2.24) is 0 Å². The molecule has 0 amide bonds. The standard InChI is InChI=1S/C64H41N/c1-5-19-43(20-6-1)61-54-40-37-46(41-57(54)62(44-21-7-2-8-22-44)64-56-34-18-24-42-23-17-33-55(59(42)56)63(61)64)60-52-31-15-13-29-50(52)58(51-30-14-16-32-53(51)60)45-35-38-49(39-36-45)65(47-25-9-3-10-26-47)48-27-11-4-12-28-48/h1-41H. The van der Waals surface area contributed by atoms with E-state index in [1.165, 1.54) is 110 Å². The Morgan fingerprint density at radius 1 is 0.215 bits per heavy atom. The van der Waals surface area contributed by atoms with Crippen LogP contribution in [-0.4, -0.2) is 0 Å². The van der Waals surface area contributed by atoms with Crippen molar-refractivity contribution < 1.29 is 0 Å². The third-order valence-corrected chi connectivity index (χ3v) is 13.5. The summed E-state index contributed by atoms with van der Waals surface area (Å²) in [6.45, 7) is 0. The highest BCUT2D eigenvalue weighted by Crippen LogP contribution is 2.58. The number of nitrogens with zero attached hydrogens (tertiary/aromatic N) is 1. The van der Waals surface area contributed by atoms with E-state index < -0.39 is 0 Å². The van der Waals surface area contributed by atoms with E-state index in [1.54, 1.807) is 0 Å². The Bertz CT molecular complexity index is 3680. The zero-order valence-electron chi connectivity index (χ0n) is 35.6. The first-order valence-electron chi connectivity index (χ1n) is 22.5. The number of hydrogen-bond donors (Lipinski definition) is 0. The summed E-state index contributed by atoms with van der Waals surface area (Å²) in [6.07, 6.45) is 0. The highest BCUT2D eigenvalue weighted by molar-refractivity contribution is 6.28. The van der Waals surface area contributed by atoms with Gasteiger partial charge in [-0.15, -0.1) is 0 Å². The van der Waals surface area contributed by atoms with Crippen LogP contribution in [0.15, 0.2) is 249 Å². The predicted octanol–water partition coefficient (Wildman–Crippen LogP) is 18.1. The molecule has 13 rings (SSSR count). The monoisotopic (exact) mass is 823 g/mol. The molecule has 65 heavy (non-hydrogen) atoms. The summed E-state index contributed by atoms with van der Waals surface area (Å²) < 4.78 is 0. The third-order valence-electron chi connectivity index (χ3n) is 13.5. The van der Waals surface area contributed by atoms with Crippen LogP contribution in [0.1, 0.15) is 0 Å². The Balaban J connectivity index is 1.06. The Kier molecular flexibility index (Phi) is 8.60. The lowest BCUT2D eigenvalue weighted by Crippen LogP contribution is -2.09. The Labute approximate surface area is 378 Å². The molecule has 302 valence electrons. The zero-order chi connectivity index (χ0) is 42.8. The average molecular weight is 824 g/mol. The number of para-hydroxylation sites is 2. The van der Waals surface area contributed by atoms with Gasteiger partial charge in [-0.2, -0.15) is 0 Å². The minimum atomic E-state index is 1.11. The highest BCUT2D eigenvalue weighted by Gasteiger charge is 2.31. The molecule has 0 fully saturated rings. The van der Waals surface area contributed by atoms with Crippen LogP contribution >= 0.6 is 0 Å². The summed E-state index contributed by atoms with van der Waals surface area (Å²) in [6, 6.07) is 91.4. The SMILES string of the molecule is c1ccc(-c2c3c(c(-c4ccccc4)c4cc(-c5c6ccccc6c(-c6ccc(N(c7ccccc7)c7ccccc7)cc6)c6ccccc56)ccc24)-c2cccc4cccc-3c24)cc1. The quantitative estimate of drug-likeness (QED) is 0.145. The molecule has 12 aromatic carbocycles. The van der Waals surface area contributed by atoms with Crippen LogP contribution in [0.3, 0.4) is 0 Å². The molecule has 0 saturated carbocycles. The molecule has 0 unspecified atom stereocenters. The molecule has 0 bridgehead atoms. The molecule has 0 N–H and O–H groups in total. The fourth-order valence-corrected chi connectivity index (χ4v) is 10.9. The highest BCUT2D eigenvalue weighted by atomic mass is 15.1. The normalized spacial score (nSPS) is 11.7. The summed E-state index contributed by atoms with van der Waals surface area (Å²) >= 11 is 0. The third kappa shape index (κ3) is 5.87. The molecule has 0 atom stereocenters. The topological polar surface area (TPSA) is 3.24 Å². The second kappa shape index (κ2) is 15.1. The molecule has 0 aliphatic heterocycles. The molecule has 0 spiro atoms. The van der Waals surface area contributed by atoms with Crippen LogP contribution in [0.25, 0.3) is 110 Å². The van der Waals surface area contributed by atoms with Gasteiger partial charge in [-0.05, 0) is 152 Å². The summed E-state index contributed by atoms with van der Waals surface area (Å²) in [5.74, 6) is 0. The van der Waals surface area contributed by atoms with Gasteiger partial charge in [0.15, 0.2) is 0 Å². The lowest BCUT2D eigenvalue weighted by atomic mass is 9.80. The van der Waals surface area contributed by atoms with Gasteiger partial charge in [0, 0.05) is 17.1 Å². The Morgan fingerprint density at radius 3 is 1.08 bits per heavy atom. The van der Waals surface area contributed by atoms with E-state index in [9.17, 15) is 0 Å². The van der Waals surface area contributed by atoms with Crippen molar-refractivity contribution in [3.63, 3.8) is 0 Å². The van der Waals surface area contributed by atoms with Gasteiger partial charge in [0.2, 0.25) is 0 Å². The molecule has 0 radical (unpaired) electrons. The maximum atomic E-state index is 2.50. The number of rotatable bonds is 7. The number of benzene rings is 12. The molecular formula is C64H41N. The van der Waals surface area contributed by atoms with Gasteiger partial charge in [-0.25, -0.2) is 0 Å². The summed E-state index contributed by atoms with van der Waals surface area (Å²) in [5, 5.41) is 10.1. The number of anilines is 3. The van der Waals surface area contributed by atoms with Crippen LogP contribution < -0.4 is 4.90 Å². The molecule has 1 heteroatoms. The van der Waals surface area contributed by atoms with E-state index >= 15 is 0 Å². The van der Waals surface area contributed by atoms with Gasteiger partial charge < -0.3 is 4.90 Å². The molecule has 1 aliphatic rings. The van der Waals surface area contributed by atoms with Gasteiger partial charge in [0.1, 0.15) is 0 Å². The predicted molar refractivity (Wildman–Crippen MR) is 277 cm³/mol. The van der Waals surface area contributed by atoms with Crippen LogP contribution in [0.5, 0.6) is 0 Å². The largest absolute Gasteiger partial charge is 0.311 e. The van der Waals surface area contributed by atoms with Gasteiger partial charge in [-0.1, -0.05) is 206 Å². The van der Waals surface area contributed by atoms with Crippen LogP contribution in [0.2, 0.25) is 0 Å². The number of fused-ring (bicyclic) bond motifs is 6. The summed E-state index contributed by atoms with van der Waals surface area (Å²) in [5.41, 5.74) is 18.5. The fourth-order valence-electron chi connectivity index (χ4n) is 10.9. The molecular weight excluding hydrogens is 783 g/mol. The van der Waals surface area contributed by atoms with E-state index in [0.717, 1.165) is 17.1 Å². The zero-order valence-corrected chi connectivity index (χ0v) is 35.6. The van der Waals surface area contributed by atoms with E-state index in [4.69, 9.17) is 0 Å². The molecule has 1 aliphatic carbocycles. The van der Waals surface area contributed by atoms with Crippen molar-refractivity contribution in [2.24, 2.45) is 0 Å². The van der Waals surface area contributed by atoms with Crippen molar-refractivity contribution >= 4 is 60.2 Å². The number of hydrogen-bond acceptors (Lipinski definition) is 1. The lowest BCUT2D eigenvalue weighted by molar-refractivity contribution is 1.28. The van der Waals surface area contributed by atoms with E-state index in [0.29, 0.717) is 0 Å². The first-order chi connectivity index (χ1) is 32.3. The second-order valence-electron chi connectivity index (χ2n) is 17.1. The summed E-state index contributed by atoms with van der Waals surface area (Å²) in [7, 11) is 0. The fraction of sp³-hybridized carbons (Fsp3) is 0. The maximum absolute atomic E-state index is 2.50. The average Bonchev–Trinajstić information content (AvgIpc) is 3.71. The minimum absolute atomic E-state index is 1.11. The lowest BCUT2D eigenvalue weighted by Gasteiger charge is -2.26. The van der Waals surface area contributed by atoms with Crippen molar-refractivity contribution in [3.05, 3.63) is 249 Å². The Morgan fingerprint density at radius 2 is 0.585 bits per heavy atom.